The molecule has 0 aliphatic heterocycles. The van der Waals surface area contributed by atoms with E-state index in [1.807, 2.05) is 0 Å². The maximum absolute atomic E-state index is 11.9. The number of ketones is 1. The van der Waals surface area contributed by atoms with Crippen molar-refractivity contribution in [2.24, 2.45) is 0 Å². The highest BCUT2D eigenvalue weighted by Gasteiger charge is 2.09. The molecule has 5 heteroatoms. The monoisotopic (exact) mass is 280 g/mol. The summed E-state index contributed by atoms with van der Waals surface area (Å²) < 4.78 is 0. The first-order chi connectivity index (χ1) is 8.56. The van der Waals surface area contributed by atoms with E-state index in [1.54, 1.807) is 30.3 Å². The molecule has 0 spiro atoms. The van der Waals surface area contributed by atoms with Crippen molar-refractivity contribution < 1.29 is 4.79 Å². The van der Waals surface area contributed by atoms with E-state index in [0.29, 0.717) is 21.4 Å². The van der Waals surface area contributed by atoms with Crippen molar-refractivity contribution in [1.29, 1.82) is 0 Å². The van der Waals surface area contributed by atoms with Crippen molar-refractivity contribution in [2.45, 2.75) is 6.42 Å². The molecule has 0 unspecified atom stereocenters. The third kappa shape index (κ3) is 3.00. The quantitative estimate of drug-likeness (QED) is 0.877. The summed E-state index contributed by atoms with van der Waals surface area (Å²) in [6.45, 7) is 0. The molecule has 1 heterocycles. The summed E-state index contributed by atoms with van der Waals surface area (Å²) >= 11 is 11.7. The van der Waals surface area contributed by atoms with Crippen LogP contribution in [-0.2, 0) is 6.42 Å². The lowest BCUT2D eigenvalue weighted by atomic mass is 10.1. The molecular weight excluding hydrogens is 271 g/mol. The van der Waals surface area contributed by atoms with Gasteiger partial charge in [-0.3, -0.25) is 9.78 Å². The molecule has 2 rings (SSSR count). The van der Waals surface area contributed by atoms with Crippen molar-refractivity contribution in [1.82, 2.24) is 4.98 Å². The van der Waals surface area contributed by atoms with Crippen LogP contribution in [0.4, 0.5) is 5.69 Å². The molecule has 0 bridgehead atoms. The van der Waals surface area contributed by atoms with Gasteiger partial charge in [0, 0.05) is 6.42 Å². The van der Waals surface area contributed by atoms with E-state index >= 15 is 0 Å². The number of pyridine rings is 1. The Balaban J connectivity index is 2.16. The van der Waals surface area contributed by atoms with E-state index in [1.165, 1.54) is 6.20 Å². The standard InChI is InChI=1S/C13H10Cl2N2O/c14-10-3-1-8(5-11(10)15)6-13(18)12-4-2-9(16)7-17-12/h1-5,7H,6,16H2. The summed E-state index contributed by atoms with van der Waals surface area (Å²) in [5.74, 6) is -0.0895. The second-order valence-corrected chi connectivity index (χ2v) is 4.64. The average Bonchev–Trinajstić information content (AvgIpc) is 2.34. The Bertz CT molecular complexity index is 582. The van der Waals surface area contributed by atoms with Gasteiger partial charge in [0.15, 0.2) is 5.78 Å². The fourth-order valence-corrected chi connectivity index (χ4v) is 1.82. The highest BCUT2D eigenvalue weighted by Crippen LogP contribution is 2.23. The topological polar surface area (TPSA) is 56.0 Å². The van der Waals surface area contributed by atoms with Crippen LogP contribution in [0.15, 0.2) is 36.5 Å². The summed E-state index contributed by atoms with van der Waals surface area (Å²) in [6, 6.07) is 8.37. The number of hydrogen-bond donors (Lipinski definition) is 1. The number of hydrogen-bond acceptors (Lipinski definition) is 3. The van der Waals surface area contributed by atoms with Gasteiger partial charge in [-0.1, -0.05) is 29.3 Å². The molecule has 0 radical (unpaired) electrons. The lowest BCUT2D eigenvalue weighted by Gasteiger charge is -2.03. The number of halogens is 2. The van der Waals surface area contributed by atoms with E-state index in [4.69, 9.17) is 28.9 Å². The van der Waals surface area contributed by atoms with Gasteiger partial charge in [0.1, 0.15) is 5.69 Å². The highest BCUT2D eigenvalue weighted by atomic mass is 35.5. The van der Waals surface area contributed by atoms with Crippen molar-refractivity contribution in [3.63, 3.8) is 0 Å². The number of Topliss-reactive ketones (excluding diaryl/α,β-unsaturated/α-hetero) is 1. The average molecular weight is 281 g/mol. The molecule has 2 aromatic rings. The molecule has 0 fully saturated rings. The van der Waals surface area contributed by atoms with Crippen LogP contribution >= 0.6 is 23.2 Å². The van der Waals surface area contributed by atoms with Gasteiger partial charge in [0.2, 0.25) is 0 Å². The van der Waals surface area contributed by atoms with Crippen LogP contribution in [0.1, 0.15) is 16.1 Å². The van der Waals surface area contributed by atoms with Gasteiger partial charge in [-0.05, 0) is 29.8 Å². The van der Waals surface area contributed by atoms with Crippen LogP contribution in [0, 0.1) is 0 Å². The Morgan fingerprint density at radius 3 is 2.56 bits per heavy atom. The van der Waals surface area contributed by atoms with Crippen LogP contribution in [-0.4, -0.2) is 10.8 Å². The SMILES string of the molecule is Nc1ccc(C(=O)Cc2ccc(Cl)c(Cl)c2)nc1. The molecule has 18 heavy (non-hydrogen) atoms. The second kappa shape index (κ2) is 5.38. The third-order valence-electron chi connectivity index (χ3n) is 2.42. The summed E-state index contributed by atoms with van der Waals surface area (Å²) in [4.78, 5) is 15.9. The van der Waals surface area contributed by atoms with Crippen molar-refractivity contribution in [2.75, 3.05) is 5.73 Å². The first kappa shape index (κ1) is 12.9. The van der Waals surface area contributed by atoms with Crippen LogP contribution in [0.25, 0.3) is 0 Å². The van der Waals surface area contributed by atoms with Crippen molar-refractivity contribution in [3.8, 4) is 0 Å². The number of anilines is 1. The van der Waals surface area contributed by atoms with Gasteiger partial charge in [0.05, 0.1) is 21.9 Å². The molecule has 0 atom stereocenters. The third-order valence-corrected chi connectivity index (χ3v) is 3.16. The molecule has 1 aromatic heterocycles. The lowest BCUT2D eigenvalue weighted by Crippen LogP contribution is -2.06. The Morgan fingerprint density at radius 2 is 1.94 bits per heavy atom. The van der Waals surface area contributed by atoms with Gasteiger partial charge in [-0.15, -0.1) is 0 Å². The van der Waals surface area contributed by atoms with E-state index in [-0.39, 0.29) is 12.2 Å². The molecule has 92 valence electrons. The molecule has 0 saturated carbocycles. The minimum absolute atomic E-state index is 0.0895. The zero-order valence-electron chi connectivity index (χ0n) is 9.36. The van der Waals surface area contributed by atoms with Crippen LogP contribution in [0.2, 0.25) is 10.0 Å². The van der Waals surface area contributed by atoms with Crippen LogP contribution < -0.4 is 5.73 Å². The van der Waals surface area contributed by atoms with Gasteiger partial charge in [-0.25, -0.2) is 0 Å². The molecule has 0 saturated heterocycles. The predicted molar refractivity (Wildman–Crippen MR) is 73.1 cm³/mol. The predicted octanol–water partition coefficient (Wildman–Crippen LogP) is 3.40. The van der Waals surface area contributed by atoms with Crippen molar-refractivity contribution in [3.05, 3.63) is 57.8 Å². The summed E-state index contributed by atoms with van der Waals surface area (Å²) in [5.41, 5.74) is 7.22. The molecule has 2 N–H and O–H groups in total. The fourth-order valence-electron chi connectivity index (χ4n) is 1.50. The van der Waals surface area contributed by atoms with Gasteiger partial charge < -0.3 is 5.73 Å². The van der Waals surface area contributed by atoms with Crippen LogP contribution in [0.3, 0.4) is 0 Å². The summed E-state index contributed by atoms with van der Waals surface area (Å²) in [7, 11) is 0. The van der Waals surface area contributed by atoms with Gasteiger partial charge in [-0.2, -0.15) is 0 Å². The summed E-state index contributed by atoms with van der Waals surface area (Å²) in [6.07, 6.45) is 1.69. The number of carbonyl (C=O) groups is 1. The van der Waals surface area contributed by atoms with Crippen molar-refractivity contribution >= 4 is 34.7 Å². The molecule has 1 aromatic carbocycles. The molecule has 0 aliphatic carbocycles. The molecular formula is C13H10Cl2N2O. The number of benzene rings is 1. The number of carbonyl (C=O) groups excluding carboxylic acids is 1. The zero-order valence-corrected chi connectivity index (χ0v) is 10.9. The largest absolute Gasteiger partial charge is 0.397 e. The number of nitrogens with zero attached hydrogens (tertiary/aromatic N) is 1. The van der Waals surface area contributed by atoms with E-state index in [0.717, 1.165) is 5.56 Å². The first-order valence-corrected chi connectivity index (χ1v) is 6.00. The minimum atomic E-state index is -0.0895. The van der Waals surface area contributed by atoms with Gasteiger partial charge >= 0.3 is 0 Å². The maximum Gasteiger partial charge on any atom is 0.185 e. The second-order valence-electron chi connectivity index (χ2n) is 3.83. The van der Waals surface area contributed by atoms with E-state index < -0.39 is 0 Å². The smallest absolute Gasteiger partial charge is 0.185 e. The first-order valence-electron chi connectivity index (χ1n) is 5.25. The summed E-state index contributed by atoms with van der Waals surface area (Å²) in [5, 5.41) is 0.908. The Kier molecular flexibility index (Phi) is 3.84. The normalized spacial score (nSPS) is 10.3. The van der Waals surface area contributed by atoms with E-state index in [2.05, 4.69) is 4.98 Å². The number of nitrogens with two attached hydrogens (primary N) is 1. The Labute approximate surface area is 115 Å². The minimum Gasteiger partial charge on any atom is -0.397 e. The molecule has 3 nitrogen and oxygen atoms in total. The Hall–Kier alpha value is -1.58. The van der Waals surface area contributed by atoms with Crippen LogP contribution in [0.5, 0.6) is 0 Å². The fraction of sp³-hybridized carbons (Fsp3) is 0.0769. The Morgan fingerprint density at radius 1 is 1.17 bits per heavy atom. The lowest BCUT2D eigenvalue weighted by molar-refractivity contribution is 0.0988. The number of nitrogen functional groups attached to an aromatic ring is 1. The van der Waals surface area contributed by atoms with Gasteiger partial charge in [0.25, 0.3) is 0 Å². The maximum atomic E-state index is 11.9. The molecule has 0 aliphatic rings. The van der Waals surface area contributed by atoms with E-state index in [9.17, 15) is 4.79 Å². The highest BCUT2D eigenvalue weighted by molar-refractivity contribution is 6.42. The number of rotatable bonds is 3. The number of aromatic nitrogens is 1. The zero-order chi connectivity index (χ0) is 13.1. The molecule has 0 amide bonds.